The van der Waals surface area contributed by atoms with Gasteiger partial charge in [-0.3, -0.25) is 4.79 Å². The zero-order valence-electron chi connectivity index (χ0n) is 16.6. The Bertz CT molecular complexity index is 987. The maximum Gasteiger partial charge on any atom is 0.272 e. The molecule has 0 atom stereocenters. The van der Waals surface area contributed by atoms with Crippen LogP contribution in [-0.2, 0) is 6.54 Å². The first-order chi connectivity index (χ1) is 13.6. The third-order valence-corrected chi connectivity index (χ3v) is 4.61. The summed E-state index contributed by atoms with van der Waals surface area (Å²) in [4.78, 5) is 19.3. The number of methoxy groups -OCH3 is 3. The van der Waals surface area contributed by atoms with Crippen molar-refractivity contribution in [2.45, 2.75) is 13.5 Å². The molecule has 0 radical (unpaired) electrons. The lowest BCUT2D eigenvalue weighted by Gasteiger charge is -2.21. The van der Waals surface area contributed by atoms with E-state index in [0.717, 1.165) is 22.2 Å². The monoisotopic (exact) mass is 380 g/mol. The minimum absolute atomic E-state index is 0.116. The summed E-state index contributed by atoms with van der Waals surface area (Å²) in [6.45, 7) is 2.97. The minimum atomic E-state index is -0.116. The van der Waals surface area contributed by atoms with Crippen LogP contribution in [0.25, 0.3) is 10.9 Å². The fraction of sp³-hybridized carbons (Fsp3) is 0.273. The summed E-state index contributed by atoms with van der Waals surface area (Å²) in [5.41, 5.74) is 2.13. The summed E-state index contributed by atoms with van der Waals surface area (Å²) in [5.74, 6) is 1.94. The van der Waals surface area contributed by atoms with E-state index in [0.29, 0.717) is 30.3 Å². The summed E-state index contributed by atoms with van der Waals surface area (Å²) in [5, 5.41) is 0.929. The number of carbonyl (C=O) groups is 1. The molecule has 6 heteroatoms. The largest absolute Gasteiger partial charge is 0.497 e. The molecule has 0 bridgehead atoms. The van der Waals surface area contributed by atoms with Crippen molar-refractivity contribution in [1.82, 2.24) is 9.88 Å². The Balaban J connectivity index is 1.84. The van der Waals surface area contributed by atoms with Crippen molar-refractivity contribution in [2.24, 2.45) is 0 Å². The number of hydrogen-bond acceptors (Lipinski definition) is 5. The van der Waals surface area contributed by atoms with E-state index in [4.69, 9.17) is 14.2 Å². The molecule has 0 spiro atoms. The SMILES string of the molecule is CCN(Cc1ccc(OC)c(OC)c1)C(=O)c1ccc2cc(OC)ccc2n1. The van der Waals surface area contributed by atoms with Crippen LogP contribution in [0, 0.1) is 0 Å². The predicted octanol–water partition coefficient (Wildman–Crippen LogP) is 3.92. The maximum atomic E-state index is 13.0. The number of carbonyl (C=O) groups excluding carboxylic acids is 1. The van der Waals surface area contributed by atoms with Crippen LogP contribution in [0.1, 0.15) is 23.0 Å². The van der Waals surface area contributed by atoms with Crippen LogP contribution in [0.3, 0.4) is 0 Å². The number of benzene rings is 2. The molecule has 0 saturated heterocycles. The van der Waals surface area contributed by atoms with E-state index in [-0.39, 0.29) is 5.91 Å². The molecular weight excluding hydrogens is 356 g/mol. The normalized spacial score (nSPS) is 10.6. The highest BCUT2D eigenvalue weighted by molar-refractivity contribution is 5.95. The quantitative estimate of drug-likeness (QED) is 0.622. The molecule has 0 N–H and O–H groups in total. The molecule has 0 fully saturated rings. The number of pyridine rings is 1. The Labute approximate surface area is 164 Å². The molecule has 1 heterocycles. The molecule has 0 aliphatic carbocycles. The molecule has 28 heavy (non-hydrogen) atoms. The van der Waals surface area contributed by atoms with Crippen LogP contribution in [0.2, 0.25) is 0 Å². The van der Waals surface area contributed by atoms with Crippen LogP contribution in [-0.4, -0.2) is 43.7 Å². The highest BCUT2D eigenvalue weighted by Gasteiger charge is 2.17. The van der Waals surface area contributed by atoms with Crippen LogP contribution >= 0.6 is 0 Å². The summed E-state index contributed by atoms with van der Waals surface area (Å²) >= 11 is 0. The second kappa shape index (κ2) is 8.61. The van der Waals surface area contributed by atoms with Crippen LogP contribution in [0.5, 0.6) is 17.2 Å². The minimum Gasteiger partial charge on any atom is -0.497 e. The lowest BCUT2D eigenvalue weighted by molar-refractivity contribution is 0.0747. The summed E-state index contributed by atoms with van der Waals surface area (Å²) in [6.07, 6.45) is 0. The van der Waals surface area contributed by atoms with E-state index in [1.165, 1.54) is 0 Å². The Morgan fingerprint density at radius 1 is 0.929 bits per heavy atom. The molecule has 2 aromatic carbocycles. The number of ether oxygens (including phenoxy) is 3. The molecule has 0 aliphatic heterocycles. The van der Waals surface area contributed by atoms with Gasteiger partial charge in [-0.2, -0.15) is 0 Å². The van der Waals surface area contributed by atoms with Crippen molar-refractivity contribution in [3.8, 4) is 17.2 Å². The zero-order valence-corrected chi connectivity index (χ0v) is 16.6. The van der Waals surface area contributed by atoms with E-state index in [2.05, 4.69) is 4.98 Å². The van der Waals surface area contributed by atoms with Crippen LogP contribution in [0.4, 0.5) is 0 Å². The van der Waals surface area contributed by atoms with Crippen molar-refractivity contribution >= 4 is 16.8 Å². The zero-order chi connectivity index (χ0) is 20.1. The van der Waals surface area contributed by atoms with Gasteiger partial charge in [0.2, 0.25) is 0 Å². The van der Waals surface area contributed by atoms with Crippen molar-refractivity contribution in [2.75, 3.05) is 27.9 Å². The first kappa shape index (κ1) is 19.5. The van der Waals surface area contributed by atoms with Gasteiger partial charge in [0.1, 0.15) is 11.4 Å². The van der Waals surface area contributed by atoms with Gasteiger partial charge in [0, 0.05) is 18.5 Å². The third-order valence-electron chi connectivity index (χ3n) is 4.61. The molecule has 6 nitrogen and oxygen atoms in total. The molecular formula is C22H24N2O4. The van der Waals surface area contributed by atoms with Crippen LogP contribution in [0.15, 0.2) is 48.5 Å². The Hall–Kier alpha value is -3.28. The van der Waals surface area contributed by atoms with E-state index >= 15 is 0 Å². The molecule has 3 aromatic rings. The van der Waals surface area contributed by atoms with Gasteiger partial charge in [0.05, 0.1) is 26.8 Å². The maximum absolute atomic E-state index is 13.0. The summed E-state index contributed by atoms with van der Waals surface area (Å²) < 4.78 is 15.9. The van der Waals surface area contributed by atoms with E-state index in [9.17, 15) is 4.79 Å². The molecule has 1 aromatic heterocycles. The molecule has 0 aliphatic rings. The number of nitrogens with zero attached hydrogens (tertiary/aromatic N) is 2. The van der Waals surface area contributed by atoms with Gasteiger partial charge in [-0.25, -0.2) is 4.98 Å². The molecule has 1 amide bonds. The van der Waals surface area contributed by atoms with Gasteiger partial charge in [-0.15, -0.1) is 0 Å². The van der Waals surface area contributed by atoms with Gasteiger partial charge < -0.3 is 19.1 Å². The topological polar surface area (TPSA) is 60.9 Å². The lowest BCUT2D eigenvalue weighted by atomic mass is 10.1. The fourth-order valence-corrected chi connectivity index (χ4v) is 3.04. The summed E-state index contributed by atoms with van der Waals surface area (Å²) in [6, 6.07) is 14.9. The molecule has 3 rings (SSSR count). The average Bonchev–Trinajstić information content (AvgIpc) is 2.75. The smallest absolute Gasteiger partial charge is 0.272 e. The third kappa shape index (κ3) is 4.01. The van der Waals surface area contributed by atoms with E-state index < -0.39 is 0 Å². The van der Waals surface area contributed by atoms with Crippen molar-refractivity contribution in [1.29, 1.82) is 0 Å². The van der Waals surface area contributed by atoms with Gasteiger partial charge in [-0.1, -0.05) is 12.1 Å². The number of fused-ring (bicyclic) bond motifs is 1. The number of amides is 1. The lowest BCUT2D eigenvalue weighted by Crippen LogP contribution is -2.31. The first-order valence-corrected chi connectivity index (χ1v) is 9.04. The average molecular weight is 380 g/mol. The Kier molecular flexibility index (Phi) is 5.99. The van der Waals surface area contributed by atoms with Crippen molar-refractivity contribution in [3.63, 3.8) is 0 Å². The Morgan fingerprint density at radius 3 is 2.39 bits per heavy atom. The van der Waals surface area contributed by atoms with Crippen molar-refractivity contribution in [3.05, 3.63) is 59.8 Å². The van der Waals surface area contributed by atoms with Crippen LogP contribution < -0.4 is 14.2 Å². The van der Waals surface area contributed by atoms with E-state index in [1.54, 1.807) is 32.3 Å². The van der Waals surface area contributed by atoms with Gasteiger partial charge in [-0.05, 0) is 48.9 Å². The predicted molar refractivity (Wildman–Crippen MR) is 108 cm³/mol. The fourth-order valence-electron chi connectivity index (χ4n) is 3.04. The molecule has 0 saturated carbocycles. The number of aromatic nitrogens is 1. The molecule has 0 unspecified atom stereocenters. The van der Waals surface area contributed by atoms with E-state index in [1.807, 2.05) is 49.4 Å². The second-order valence-electron chi connectivity index (χ2n) is 6.26. The second-order valence-corrected chi connectivity index (χ2v) is 6.26. The first-order valence-electron chi connectivity index (χ1n) is 9.04. The Morgan fingerprint density at radius 2 is 1.71 bits per heavy atom. The summed E-state index contributed by atoms with van der Waals surface area (Å²) in [7, 11) is 4.82. The standard InChI is InChI=1S/C22H24N2O4/c1-5-24(14-15-6-11-20(27-3)21(12-15)28-4)22(25)19-9-7-16-13-17(26-2)8-10-18(16)23-19/h6-13H,5,14H2,1-4H3. The number of hydrogen-bond donors (Lipinski definition) is 0. The van der Waals surface area contributed by atoms with Crippen molar-refractivity contribution < 1.29 is 19.0 Å². The van der Waals surface area contributed by atoms with Gasteiger partial charge in [0.15, 0.2) is 11.5 Å². The number of rotatable bonds is 7. The molecule has 146 valence electrons. The highest BCUT2D eigenvalue weighted by Crippen LogP contribution is 2.28. The van der Waals surface area contributed by atoms with Gasteiger partial charge >= 0.3 is 0 Å². The highest BCUT2D eigenvalue weighted by atomic mass is 16.5. The van der Waals surface area contributed by atoms with Gasteiger partial charge in [0.25, 0.3) is 5.91 Å².